The summed E-state index contributed by atoms with van der Waals surface area (Å²) in [5.41, 5.74) is 4.48. The van der Waals surface area contributed by atoms with E-state index < -0.39 is 5.97 Å². The lowest BCUT2D eigenvalue weighted by Gasteiger charge is -2.11. The van der Waals surface area contributed by atoms with E-state index in [4.69, 9.17) is 9.47 Å². The molecule has 1 aromatic heterocycles. The van der Waals surface area contributed by atoms with Crippen molar-refractivity contribution in [3.8, 4) is 5.75 Å². The SMILES string of the molecule is COC(=O)c1ccc(C)cc1NC(=O)Cc1c(C)[nH]c2ccc(OC)cc12. The molecule has 6 nitrogen and oxygen atoms in total. The first kappa shape index (κ1) is 18.5. The first-order valence-corrected chi connectivity index (χ1v) is 8.57. The molecule has 0 aliphatic carbocycles. The van der Waals surface area contributed by atoms with Crippen LogP contribution in [-0.2, 0) is 16.0 Å². The minimum absolute atomic E-state index is 0.174. The number of benzene rings is 2. The summed E-state index contributed by atoms with van der Waals surface area (Å²) < 4.78 is 10.1. The van der Waals surface area contributed by atoms with Gasteiger partial charge < -0.3 is 19.8 Å². The van der Waals surface area contributed by atoms with Crippen LogP contribution in [0.5, 0.6) is 5.75 Å². The number of hydrogen-bond acceptors (Lipinski definition) is 4. The predicted octanol–water partition coefficient (Wildman–Crippen LogP) is 3.76. The van der Waals surface area contributed by atoms with Gasteiger partial charge in [-0.3, -0.25) is 4.79 Å². The number of H-pyrrole nitrogens is 1. The van der Waals surface area contributed by atoms with Gasteiger partial charge in [-0.05, 0) is 55.3 Å². The highest BCUT2D eigenvalue weighted by Crippen LogP contribution is 2.27. The second-order valence-corrected chi connectivity index (χ2v) is 6.41. The highest BCUT2D eigenvalue weighted by molar-refractivity contribution is 6.03. The van der Waals surface area contributed by atoms with Gasteiger partial charge in [0.2, 0.25) is 5.91 Å². The number of aromatic nitrogens is 1. The first-order chi connectivity index (χ1) is 12.9. The van der Waals surface area contributed by atoms with Crippen molar-refractivity contribution < 1.29 is 19.1 Å². The summed E-state index contributed by atoms with van der Waals surface area (Å²) in [6.45, 7) is 3.83. The Morgan fingerprint density at radius 2 is 1.85 bits per heavy atom. The molecule has 0 aliphatic heterocycles. The van der Waals surface area contributed by atoms with Crippen LogP contribution in [0.2, 0.25) is 0 Å². The topological polar surface area (TPSA) is 80.4 Å². The number of esters is 1. The lowest BCUT2D eigenvalue weighted by atomic mass is 10.1. The zero-order chi connectivity index (χ0) is 19.6. The van der Waals surface area contributed by atoms with E-state index in [2.05, 4.69) is 10.3 Å². The predicted molar refractivity (Wildman–Crippen MR) is 104 cm³/mol. The zero-order valence-corrected chi connectivity index (χ0v) is 15.8. The second kappa shape index (κ2) is 7.53. The van der Waals surface area contributed by atoms with Gasteiger partial charge in [-0.2, -0.15) is 0 Å². The van der Waals surface area contributed by atoms with Crippen molar-refractivity contribution in [1.82, 2.24) is 4.98 Å². The number of carbonyl (C=O) groups is 2. The number of hydrogen-bond donors (Lipinski definition) is 2. The number of nitrogens with one attached hydrogen (secondary N) is 2. The van der Waals surface area contributed by atoms with Crippen molar-refractivity contribution in [2.75, 3.05) is 19.5 Å². The van der Waals surface area contributed by atoms with Crippen LogP contribution in [0.15, 0.2) is 36.4 Å². The van der Waals surface area contributed by atoms with Gasteiger partial charge in [0.15, 0.2) is 0 Å². The van der Waals surface area contributed by atoms with E-state index >= 15 is 0 Å². The fourth-order valence-corrected chi connectivity index (χ4v) is 3.12. The number of rotatable bonds is 5. The van der Waals surface area contributed by atoms with E-state index in [1.54, 1.807) is 25.3 Å². The third-order valence-electron chi connectivity index (χ3n) is 4.52. The lowest BCUT2D eigenvalue weighted by molar-refractivity contribution is -0.115. The molecule has 0 aliphatic rings. The summed E-state index contributed by atoms with van der Waals surface area (Å²) in [6, 6.07) is 10.9. The molecule has 2 N–H and O–H groups in total. The minimum Gasteiger partial charge on any atom is -0.497 e. The average molecular weight is 366 g/mol. The highest BCUT2D eigenvalue weighted by Gasteiger charge is 2.17. The molecule has 2 aromatic carbocycles. The number of aromatic amines is 1. The third-order valence-corrected chi connectivity index (χ3v) is 4.52. The average Bonchev–Trinajstić information content (AvgIpc) is 2.95. The Hall–Kier alpha value is -3.28. The minimum atomic E-state index is -0.488. The van der Waals surface area contributed by atoms with Crippen LogP contribution in [0.25, 0.3) is 10.9 Å². The lowest BCUT2D eigenvalue weighted by Crippen LogP contribution is -2.17. The van der Waals surface area contributed by atoms with Gasteiger partial charge in [-0.15, -0.1) is 0 Å². The monoisotopic (exact) mass is 366 g/mol. The molecular formula is C21H22N2O4. The van der Waals surface area contributed by atoms with Gasteiger partial charge in [-0.25, -0.2) is 4.79 Å². The van der Waals surface area contributed by atoms with Crippen LogP contribution >= 0.6 is 0 Å². The van der Waals surface area contributed by atoms with Crippen molar-refractivity contribution in [2.45, 2.75) is 20.3 Å². The maximum atomic E-state index is 12.7. The Kier molecular flexibility index (Phi) is 5.16. The maximum absolute atomic E-state index is 12.7. The van der Waals surface area contributed by atoms with E-state index in [0.29, 0.717) is 11.3 Å². The normalized spacial score (nSPS) is 10.7. The molecule has 0 saturated heterocycles. The third kappa shape index (κ3) is 3.79. The summed E-state index contributed by atoms with van der Waals surface area (Å²) in [5, 5.41) is 3.78. The zero-order valence-electron chi connectivity index (χ0n) is 15.8. The van der Waals surface area contributed by atoms with E-state index in [-0.39, 0.29) is 12.3 Å². The Bertz CT molecular complexity index is 1020. The molecule has 3 rings (SSSR count). The smallest absolute Gasteiger partial charge is 0.339 e. The van der Waals surface area contributed by atoms with Crippen LogP contribution in [0.3, 0.4) is 0 Å². The van der Waals surface area contributed by atoms with Crippen LogP contribution in [-0.4, -0.2) is 31.1 Å². The summed E-state index contributed by atoms with van der Waals surface area (Å²) in [7, 11) is 2.93. The van der Waals surface area contributed by atoms with Gasteiger partial charge in [0.1, 0.15) is 5.75 Å². The Morgan fingerprint density at radius 3 is 2.56 bits per heavy atom. The Balaban J connectivity index is 1.89. The Labute approximate surface area is 157 Å². The van der Waals surface area contributed by atoms with E-state index in [9.17, 15) is 9.59 Å². The molecule has 1 amide bonds. The molecule has 0 bridgehead atoms. The largest absolute Gasteiger partial charge is 0.497 e. The second-order valence-electron chi connectivity index (χ2n) is 6.41. The van der Waals surface area contributed by atoms with Crippen molar-refractivity contribution in [3.05, 3.63) is 58.8 Å². The summed E-state index contributed by atoms with van der Waals surface area (Å²) in [4.78, 5) is 27.9. The van der Waals surface area contributed by atoms with Gasteiger partial charge in [-0.1, -0.05) is 6.07 Å². The molecule has 140 valence electrons. The van der Waals surface area contributed by atoms with Crippen LogP contribution in [0.1, 0.15) is 27.2 Å². The molecule has 6 heteroatoms. The van der Waals surface area contributed by atoms with Gasteiger partial charge in [0, 0.05) is 16.6 Å². The van der Waals surface area contributed by atoms with Crippen molar-refractivity contribution in [1.29, 1.82) is 0 Å². The van der Waals surface area contributed by atoms with Crippen LogP contribution in [0.4, 0.5) is 5.69 Å². The summed E-state index contributed by atoms with van der Waals surface area (Å²) in [5.74, 6) is 0.0331. The quantitative estimate of drug-likeness (QED) is 0.674. The van der Waals surface area contributed by atoms with E-state index in [1.165, 1.54) is 7.11 Å². The molecule has 3 aromatic rings. The molecule has 27 heavy (non-hydrogen) atoms. The standard InChI is InChI=1S/C21H22N2O4/c1-12-5-7-15(21(25)27-4)19(9-12)23-20(24)11-16-13(2)22-18-8-6-14(26-3)10-17(16)18/h5-10,22H,11H2,1-4H3,(H,23,24). The molecule has 0 atom stereocenters. The molecule has 0 fully saturated rings. The van der Waals surface area contributed by atoms with Crippen LogP contribution in [0, 0.1) is 13.8 Å². The number of aryl methyl sites for hydroxylation is 2. The summed E-state index contributed by atoms with van der Waals surface area (Å²) in [6.07, 6.45) is 0.174. The van der Waals surface area contributed by atoms with Crippen LogP contribution < -0.4 is 10.1 Å². The number of carbonyl (C=O) groups excluding carboxylic acids is 2. The number of ether oxygens (including phenoxy) is 2. The first-order valence-electron chi connectivity index (χ1n) is 8.57. The van der Waals surface area contributed by atoms with E-state index in [1.807, 2.05) is 32.0 Å². The molecule has 0 unspecified atom stereocenters. The number of methoxy groups -OCH3 is 2. The number of amides is 1. The fraction of sp³-hybridized carbons (Fsp3) is 0.238. The van der Waals surface area contributed by atoms with Gasteiger partial charge >= 0.3 is 5.97 Å². The molecular weight excluding hydrogens is 344 g/mol. The molecule has 0 radical (unpaired) electrons. The van der Waals surface area contributed by atoms with Crippen molar-refractivity contribution >= 4 is 28.5 Å². The van der Waals surface area contributed by atoms with Gasteiger partial charge in [0.05, 0.1) is 31.9 Å². The Morgan fingerprint density at radius 1 is 1.07 bits per heavy atom. The van der Waals surface area contributed by atoms with Crippen molar-refractivity contribution in [2.24, 2.45) is 0 Å². The fourth-order valence-electron chi connectivity index (χ4n) is 3.12. The molecule has 0 saturated carbocycles. The van der Waals surface area contributed by atoms with E-state index in [0.717, 1.165) is 33.5 Å². The van der Waals surface area contributed by atoms with Gasteiger partial charge in [0.25, 0.3) is 0 Å². The summed E-state index contributed by atoms with van der Waals surface area (Å²) >= 11 is 0. The number of fused-ring (bicyclic) bond motifs is 1. The molecule has 1 heterocycles. The highest BCUT2D eigenvalue weighted by atomic mass is 16.5. The molecule has 0 spiro atoms. The van der Waals surface area contributed by atoms with Crippen molar-refractivity contribution in [3.63, 3.8) is 0 Å². The maximum Gasteiger partial charge on any atom is 0.339 e. The number of anilines is 1.